The maximum Gasteiger partial charge on any atom is 0.138 e. The van der Waals surface area contributed by atoms with Crippen molar-refractivity contribution >= 4 is 27.4 Å². The van der Waals surface area contributed by atoms with Crippen LogP contribution in [-0.2, 0) is 12.8 Å². The van der Waals surface area contributed by atoms with Crippen molar-refractivity contribution in [2.45, 2.75) is 57.0 Å². The Bertz CT molecular complexity index is 842. The van der Waals surface area contributed by atoms with E-state index in [1.165, 1.54) is 16.2 Å². The van der Waals surface area contributed by atoms with Gasteiger partial charge in [-0.25, -0.2) is 9.97 Å². The fraction of sp³-hybridized carbons (Fsp3) is 0.647. The van der Waals surface area contributed by atoms with Crippen LogP contribution in [0, 0.1) is 0 Å². The summed E-state index contributed by atoms with van der Waals surface area (Å²) in [6.07, 6.45) is 4.98. The molecule has 4 nitrogen and oxygen atoms in total. The lowest BCUT2D eigenvalue weighted by molar-refractivity contribution is 0.221. The third kappa shape index (κ3) is 2.50. The normalized spacial score (nSPS) is 31.1. The Kier molecular flexibility index (Phi) is 2.58. The molecule has 1 saturated carbocycles. The Hall–Kier alpha value is -1.20. The van der Waals surface area contributed by atoms with E-state index < -0.39 is 13.3 Å². The maximum absolute atomic E-state index is 8.19. The highest BCUT2D eigenvalue weighted by Crippen LogP contribution is 2.39. The van der Waals surface area contributed by atoms with Gasteiger partial charge in [0, 0.05) is 23.8 Å². The molecule has 118 valence electrons. The van der Waals surface area contributed by atoms with Crippen molar-refractivity contribution < 1.29 is 6.85 Å². The number of fused-ring (bicyclic) bond motifs is 3. The Morgan fingerprint density at radius 3 is 3.05 bits per heavy atom. The summed E-state index contributed by atoms with van der Waals surface area (Å²) in [6, 6.07) is 0.330. The van der Waals surface area contributed by atoms with Gasteiger partial charge in [-0.1, -0.05) is 0 Å². The first kappa shape index (κ1) is 9.83. The minimum Gasteiger partial charge on any atom is -0.367 e. The molecule has 2 aromatic rings. The molecule has 1 N–H and O–H groups in total. The van der Waals surface area contributed by atoms with Crippen LogP contribution < -0.4 is 5.32 Å². The van der Waals surface area contributed by atoms with Gasteiger partial charge in [-0.2, -0.15) is 0 Å². The number of nitrogens with one attached hydrogen (secondary N) is 1. The Morgan fingerprint density at radius 2 is 2.23 bits per heavy atom. The van der Waals surface area contributed by atoms with Gasteiger partial charge in [-0.05, 0) is 64.5 Å². The highest BCUT2D eigenvalue weighted by Gasteiger charge is 2.25. The van der Waals surface area contributed by atoms with Crippen molar-refractivity contribution in [3.05, 3.63) is 16.8 Å². The number of hydrogen-bond donors (Lipinski definition) is 1. The molecule has 0 aliphatic heterocycles. The minimum atomic E-state index is -2.04. The van der Waals surface area contributed by atoms with Gasteiger partial charge in [0.15, 0.2) is 0 Å². The molecule has 1 fully saturated rings. The molecule has 2 heterocycles. The summed E-state index contributed by atoms with van der Waals surface area (Å²) in [6.45, 7) is -2.04. The second-order valence-corrected chi connectivity index (χ2v) is 7.25. The summed E-state index contributed by atoms with van der Waals surface area (Å²) in [5, 5.41) is 4.51. The van der Waals surface area contributed by atoms with Crippen LogP contribution in [0.4, 0.5) is 5.82 Å². The molecule has 0 unspecified atom stereocenters. The second-order valence-electron chi connectivity index (χ2n) is 6.25. The molecule has 0 amide bonds. The van der Waals surface area contributed by atoms with Crippen LogP contribution >= 0.6 is 11.3 Å². The average molecular weight is 322 g/mol. The van der Waals surface area contributed by atoms with E-state index in [0.717, 1.165) is 58.6 Å². The zero-order chi connectivity index (χ0) is 19.4. The molecule has 2 aromatic heterocycles. The van der Waals surface area contributed by atoms with Crippen molar-refractivity contribution in [3.63, 3.8) is 0 Å². The molecule has 4 rings (SSSR count). The smallest absolute Gasteiger partial charge is 0.138 e. The third-order valence-electron chi connectivity index (χ3n) is 4.83. The van der Waals surface area contributed by atoms with Crippen molar-refractivity contribution in [3.8, 4) is 0 Å². The monoisotopic (exact) mass is 321 g/mol. The lowest BCUT2D eigenvalue weighted by atomic mass is 9.90. The van der Waals surface area contributed by atoms with Crippen molar-refractivity contribution in [1.29, 1.82) is 0 Å². The molecule has 22 heavy (non-hydrogen) atoms. The average Bonchev–Trinajstić information content (AvgIpc) is 3.12. The van der Waals surface area contributed by atoms with E-state index in [1.54, 1.807) is 13.4 Å². The fourth-order valence-electron chi connectivity index (χ4n) is 3.58. The second kappa shape index (κ2) is 5.78. The number of thiophene rings is 1. The summed E-state index contributed by atoms with van der Waals surface area (Å²) in [5.74, 6) is 0.794. The van der Waals surface area contributed by atoms with Gasteiger partial charge in [0.1, 0.15) is 17.0 Å². The number of nitrogens with zero attached hydrogens (tertiary/aromatic N) is 3. The van der Waals surface area contributed by atoms with Gasteiger partial charge in [0.2, 0.25) is 0 Å². The molecule has 0 aromatic carbocycles. The molecule has 0 radical (unpaired) electrons. The van der Waals surface area contributed by atoms with Gasteiger partial charge in [0.05, 0.1) is 5.39 Å². The van der Waals surface area contributed by atoms with E-state index >= 15 is 0 Å². The zero-order valence-corrected chi connectivity index (χ0v) is 13.5. The van der Waals surface area contributed by atoms with Crippen LogP contribution in [0.5, 0.6) is 0 Å². The van der Waals surface area contributed by atoms with E-state index in [2.05, 4.69) is 15.3 Å². The summed E-state index contributed by atoms with van der Waals surface area (Å²) >= 11 is 1.44. The first-order valence-corrected chi connectivity index (χ1v) is 8.75. The summed E-state index contributed by atoms with van der Waals surface area (Å²) in [5.41, 5.74) is 1.05. The number of hydrogen-bond acceptors (Lipinski definition) is 5. The number of anilines is 1. The molecule has 0 spiro atoms. The largest absolute Gasteiger partial charge is 0.367 e. The number of rotatable bonds is 3. The predicted molar refractivity (Wildman–Crippen MR) is 92.8 cm³/mol. The molecule has 0 bridgehead atoms. The molecule has 2 aliphatic rings. The standard InChI is InChI=1S/C17H24N4S/c1-21(2)12-8-6-11(7-9-12)20-16-15-13-4-3-5-14(13)22-17(15)19-10-18-16/h10-12H,3-9H2,1-2H3,(H,18,19,20)/t11-,12-/i1D3,5D2. The molecule has 0 saturated heterocycles. The highest BCUT2D eigenvalue weighted by atomic mass is 32.1. The van der Waals surface area contributed by atoms with Gasteiger partial charge < -0.3 is 10.2 Å². The Balaban J connectivity index is 1.51. The van der Waals surface area contributed by atoms with Crippen molar-refractivity contribution in [2.75, 3.05) is 19.3 Å². The first-order valence-electron chi connectivity index (χ1n) is 10.4. The van der Waals surface area contributed by atoms with E-state index in [1.807, 2.05) is 0 Å². The van der Waals surface area contributed by atoms with Crippen LogP contribution in [0.2, 0.25) is 0 Å². The first-order chi connectivity index (χ1) is 12.7. The van der Waals surface area contributed by atoms with E-state index in [-0.39, 0.29) is 12.1 Å². The SMILES string of the molecule is [2H]C1([2H])CCc2c1sc1ncnc(N[C@H]3CC[C@H](N(C)C([2H])([2H])[2H])CC3)c21. The van der Waals surface area contributed by atoms with Gasteiger partial charge in [0.25, 0.3) is 0 Å². The summed E-state index contributed by atoms with van der Waals surface area (Å²) in [4.78, 5) is 12.0. The molecular weight excluding hydrogens is 292 g/mol. The molecule has 2 aliphatic carbocycles. The van der Waals surface area contributed by atoms with E-state index in [9.17, 15) is 0 Å². The summed E-state index contributed by atoms with van der Waals surface area (Å²) < 4.78 is 39.1. The minimum absolute atomic E-state index is 0.0820. The lowest BCUT2D eigenvalue weighted by Crippen LogP contribution is -2.36. The van der Waals surface area contributed by atoms with Crippen LogP contribution in [0.15, 0.2) is 6.33 Å². The third-order valence-corrected chi connectivity index (χ3v) is 5.93. The van der Waals surface area contributed by atoms with Crippen LogP contribution in [-0.4, -0.2) is 41.0 Å². The van der Waals surface area contributed by atoms with Crippen molar-refractivity contribution in [2.24, 2.45) is 0 Å². The fourth-order valence-corrected chi connectivity index (χ4v) is 4.70. The molecule has 0 atom stereocenters. The van der Waals surface area contributed by atoms with E-state index in [4.69, 9.17) is 6.85 Å². The zero-order valence-electron chi connectivity index (χ0n) is 17.7. The number of aryl methyl sites for hydroxylation is 2. The van der Waals surface area contributed by atoms with Gasteiger partial charge >= 0.3 is 0 Å². The predicted octanol–water partition coefficient (Wildman–Crippen LogP) is 3.46. The topological polar surface area (TPSA) is 41.1 Å². The summed E-state index contributed by atoms with van der Waals surface area (Å²) in [7, 11) is 1.68. The Morgan fingerprint density at radius 1 is 1.36 bits per heavy atom. The van der Waals surface area contributed by atoms with Crippen LogP contribution in [0.25, 0.3) is 10.2 Å². The lowest BCUT2D eigenvalue weighted by Gasteiger charge is -2.33. The van der Waals surface area contributed by atoms with Gasteiger partial charge in [-0.15, -0.1) is 11.3 Å². The molecular formula is C17H24N4S. The quantitative estimate of drug-likeness (QED) is 0.940. The highest BCUT2D eigenvalue weighted by molar-refractivity contribution is 7.19. The maximum atomic E-state index is 8.19. The Labute approximate surface area is 143 Å². The number of aromatic nitrogens is 2. The van der Waals surface area contributed by atoms with Crippen LogP contribution in [0.1, 0.15) is 49.4 Å². The van der Waals surface area contributed by atoms with Gasteiger partial charge in [-0.3, -0.25) is 0 Å². The molecule has 5 heteroatoms. The van der Waals surface area contributed by atoms with E-state index in [0.29, 0.717) is 6.42 Å². The van der Waals surface area contributed by atoms with Crippen molar-refractivity contribution in [1.82, 2.24) is 14.9 Å². The van der Waals surface area contributed by atoms with Crippen LogP contribution in [0.3, 0.4) is 0 Å².